The lowest BCUT2D eigenvalue weighted by Crippen LogP contribution is -1.93. The van der Waals surface area contributed by atoms with Gasteiger partial charge in [-0.1, -0.05) is 54.6 Å². The van der Waals surface area contributed by atoms with E-state index in [4.69, 9.17) is 10.5 Å². The van der Waals surface area contributed by atoms with E-state index in [0.717, 1.165) is 22.3 Å². The highest BCUT2D eigenvalue weighted by molar-refractivity contribution is 5.91. The van der Waals surface area contributed by atoms with Crippen LogP contribution in [0.5, 0.6) is 5.75 Å². The molecule has 0 amide bonds. The maximum Gasteiger partial charge on any atom is 0.121 e. The highest BCUT2D eigenvalue weighted by Crippen LogP contribution is 2.26. The lowest BCUT2D eigenvalue weighted by molar-refractivity contribution is 0.415. The first-order valence-corrected chi connectivity index (χ1v) is 7.40. The average molecular weight is 302 g/mol. The number of aromatic nitrogens is 1. The molecule has 1 aromatic heterocycles. The van der Waals surface area contributed by atoms with E-state index >= 15 is 0 Å². The molecule has 0 radical (unpaired) electrons. The van der Waals surface area contributed by atoms with Crippen LogP contribution in [0.15, 0.2) is 66.7 Å². The third-order valence-corrected chi connectivity index (χ3v) is 3.52. The van der Waals surface area contributed by atoms with Crippen LogP contribution in [0.3, 0.4) is 0 Å². The number of pyridine rings is 1. The fourth-order valence-electron chi connectivity index (χ4n) is 2.34. The molecule has 3 nitrogen and oxygen atoms in total. The monoisotopic (exact) mass is 302 g/mol. The Morgan fingerprint density at radius 1 is 0.957 bits per heavy atom. The van der Waals surface area contributed by atoms with Crippen molar-refractivity contribution >= 4 is 28.7 Å². The van der Waals surface area contributed by atoms with Crippen molar-refractivity contribution in [3.05, 3.63) is 78.0 Å². The quantitative estimate of drug-likeness (QED) is 0.568. The Morgan fingerprint density at radius 3 is 2.52 bits per heavy atom. The van der Waals surface area contributed by atoms with Crippen LogP contribution < -0.4 is 10.5 Å². The molecule has 0 unspecified atom stereocenters. The highest BCUT2D eigenvalue weighted by Gasteiger charge is 2.03. The van der Waals surface area contributed by atoms with Gasteiger partial charge in [-0.2, -0.15) is 0 Å². The molecule has 0 saturated carbocycles. The van der Waals surface area contributed by atoms with E-state index in [9.17, 15) is 0 Å². The van der Waals surface area contributed by atoms with Gasteiger partial charge in [0, 0.05) is 11.5 Å². The predicted octanol–water partition coefficient (Wildman–Crippen LogP) is 4.55. The third-order valence-electron chi connectivity index (χ3n) is 3.52. The lowest BCUT2D eigenvalue weighted by atomic mass is 10.1. The minimum absolute atomic E-state index is 0.620. The van der Waals surface area contributed by atoms with E-state index in [0.29, 0.717) is 5.69 Å². The normalized spacial score (nSPS) is 11.5. The van der Waals surface area contributed by atoms with Gasteiger partial charge in [0.05, 0.1) is 24.0 Å². The Balaban J connectivity index is 1.82. The van der Waals surface area contributed by atoms with Gasteiger partial charge in [0.15, 0.2) is 0 Å². The molecule has 2 aromatic carbocycles. The SMILES string of the molecule is COc1cc(N)c2nc(/C=C/C=C/c3ccccc3)ccc2c1. The summed E-state index contributed by atoms with van der Waals surface area (Å²) in [7, 11) is 1.63. The molecule has 0 spiro atoms. The average Bonchev–Trinajstić information content (AvgIpc) is 2.60. The minimum atomic E-state index is 0.620. The first-order chi connectivity index (χ1) is 11.3. The van der Waals surface area contributed by atoms with Gasteiger partial charge in [0.25, 0.3) is 0 Å². The number of allylic oxidation sites excluding steroid dienone is 2. The Hall–Kier alpha value is -3.07. The van der Waals surface area contributed by atoms with E-state index in [1.807, 2.05) is 54.6 Å². The Kier molecular flexibility index (Phi) is 4.39. The van der Waals surface area contributed by atoms with Gasteiger partial charge in [-0.25, -0.2) is 4.98 Å². The van der Waals surface area contributed by atoms with Crippen LogP contribution in [0.2, 0.25) is 0 Å². The van der Waals surface area contributed by atoms with Crippen molar-refractivity contribution in [2.24, 2.45) is 0 Å². The Bertz CT molecular complexity index is 867. The fourth-order valence-corrected chi connectivity index (χ4v) is 2.34. The second kappa shape index (κ2) is 6.79. The van der Waals surface area contributed by atoms with Crippen LogP contribution in [-0.2, 0) is 0 Å². The van der Waals surface area contributed by atoms with Gasteiger partial charge in [-0.3, -0.25) is 0 Å². The largest absolute Gasteiger partial charge is 0.497 e. The van der Waals surface area contributed by atoms with Gasteiger partial charge < -0.3 is 10.5 Å². The predicted molar refractivity (Wildman–Crippen MR) is 97.2 cm³/mol. The van der Waals surface area contributed by atoms with Crippen molar-refractivity contribution in [2.45, 2.75) is 0 Å². The van der Waals surface area contributed by atoms with Crippen molar-refractivity contribution in [3.63, 3.8) is 0 Å². The maximum atomic E-state index is 6.05. The molecule has 23 heavy (non-hydrogen) atoms. The number of nitrogens with zero attached hydrogens (tertiary/aromatic N) is 1. The summed E-state index contributed by atoms with van der Waals surface area (Å²) in [6, 6.07) is 17.9. The maximum absolute atomic E-state index is 6.05. The molecule has 3 aromatic rings. The molecule has 0 bridgehead atoms. The van der Waals surface area contributed by atoms with Gasteiger partial charge in [0.2, 0.25) is 0 Å². The molecular formula is C20H18N2O. The number of hydrogen-bond acceptors (Lipinski definition) is 3. The van der Waals surface area contributed by atoms with Crippen LogP contribution in [0, 0.1) is 0 Å². The molecule has 114 valence electrons. The van der Waals surface area contributed by atoms with Gasteiger partial charge >= 0.3 is 0 Å². The lowest BCUT2D eigenvalue weighted by Gasteiger charge is -2.06. The third kappa shape index (κ3) is 3.58. The summed E-state index contributed by atoms with van der Waals surface area (Å²) in [4.78, 5) is 4.59. The number of methoxy groups -OCH3 is 1. The summed E-state index contributed by atoms with van der Waals surface area (Å²) < 4.78 is 5.22. The van der Waals surface area contributed by atoms with Crippen molar-refractivity contribution in [2.75, 3.05) is 12.8 Å². The van der Waals surface area contributed by atoms with Crippen molar-refractivity contribution in [3.8, 4) is 5.75 Å². The fraction of sp³-hybridized carbons (Fsp3) is 0.0500. The Morgan fingerprint density at radius 2 is 1.74 bits per heavy atom. The number of nitrogens with two attached hydrogens (primary N) is 1. The molecule has 3 heteroatoms. The zero-order chi connectivity index (χ0) is 16.1. The second-order valence-electron chi connectivity index (χ2n) is 5.15. The topological polar surface area (TPSA) is 48.1 Å². The number of anilines is 1. The summed E-state index contributed by atoms with van der Waals surface area (Å²) >= 11 is 0. The molecule has 0 aliphatic carbocycles. The van der Waals surface area contributed by atoms with Crippen LogP contribution >= 0.6 is 0 Å². The van der Waals surface area contributed by atoms with Gasteiger partial charge in [-0.15, -0.1) is 0 Å². The van der Waals surface area contributed by atoms with E-state index in [1.165, 1.54) is 5.56 Å². The standard InChI is InChI=1S/C20H18N2O/c1-23-18-13-16-11-12-17(22-20(16)19(21)14-18)10-6-5-9-15-7-3-2-4-8-15/h2-14H,21H2,1H3/b9-5+,10-6+. The van der Waals surface area contributed by atoms with Crippen molar-refractivity contribution in [1.82, 2.24) is 4.98 Å². The first-order valence-electron chi connectivity index (χ1n) is 7.40. The number of rotatable bonds is 4. The minimum Gasteiger partial charge on any atom is -0.497 e. The number of benzene rings is 2. The molecule has 3 rings (SSSR count). The zero-order valence-electron chi connectivity index (χ0n) is 12.9. The van der Waals surface area contributed by atoms with Crippen molar-refractivity contribution in [1.29, 1.82) is 0 Å². The first kappa shape index (κ1) is 14.9. The zero-order valence-corrected chi connectivity index (χ0v) is 12.9. The summed E-state index contributed by atoms with van der Waals surface area (Å²) in [5.74, 6) is 0.742. The number of ether oxygens (including phenoxy) is 1. The van der Waals surface area contributed by atoms with Crippen LogP contribution in [0.1, 0.15) is 11.3 Å². The van der Waals surface area contributed by atoms with E-state index in [1.54, 1.807) is 13.2 Å². The van der Waals surface area contributed by atoms with Crippen molar-refractivity contribution < 1.29 is 4.74 Å². The molecule has 0 fully saturated rings. The van der Waals surface area contributed by atoms with E-state index < -0.39 is 0 Å². The Labute approximate surface area is 135 Å². The highest BCUT2D eigenvalue weighted by atomic mass is 16.5. The van der Waals surface area contributed by atoms with Gasteiger partial charge in [0.1, 0.15) is 5.75 Å². The van der Waals surface area contributed by atoms with Crippen LogP contribution in [-0.4, -0.2) is 12.1 Å². The number of fused-ring (bicyclic) bond motifs is 1. The smallest absolute Gasteiger partial charge is 0.121 e. The number of hydrogen-bond donors (Lipinski definition) is 1. The molecule has 0 aliphatic rings. The molecule has 0 atom stereocenters. The summed E-state index contributed by atoms with van der Waals surface area (Å²) in [6.07, 6.45) is 7.98. The molecule has 0 aliphatic heterocycles. The molecule has 0 saturated heterocycles. The van der Waals surface area contributed by atoms with Crippen LogP contribution in [0.25, 0.3) is 23.1 Å². The molecule has 2 N–H and O–H groups in total. The summed E-state index contributed by atoms with van der Waals surface area (Å²) in [5.41, 5.74) is 9.50. The number of nitrogen functional groups attached to an aromatic ring is 1. The summed E-state index contributed by atoms with van der Waals surface area (Å²) in [6.45, 7) is 0. The molecular weight excluding hydrogens is 284 g/mol. The van der Waals surface area contributed by atoms with E-state index in [2.05, 4.69) is 23.2 Å². The van der Waals surface area contributed by atoms with E-state index in [-0.39, 0.29) is 0 Å². The summed E-state index contributed by atoms with van der Waals surface area (Å²) in [5, 5.41) is 0.971. The molecule has 1 heterocycles. The second-order valence-corrected chi connectivity index (χ2v) is 5.15. The van der Waals surface area contributed by atoms with Crippen LogP contribution in [0.4, 0.5) is 5.69 Å². The van der Waals surface area contributed by atoms with Gasteiger partial charge in [-0.05, 0) is 23.8 Å².